The Balaban J connectivity index is 1.72. The molecule has 2 aliphatic heterocycles. The number of nitrogens with zero attached hydrogens (tertiary/aromatic N) is 1. The minimum absolute atomic E-state index is 0.496. The van der Waals surface area contributed by atoms with Gasteiger partial charge in [0.05, 0.1) is 0 Å². The number of nitrogens with two attached hydrogens (primary N) is 1. The fraction of sp³-hybridized carbons (Fsp3) is 1.00. The van der Waals surface area contributed by atoms with Crippen LogP contribution in [-0.4, -0.2) is 29.1 Å². The first kappa shape index (κ1) is 11.0. The molecule has 0 radical (unpaired) electrons. The Morgan fingerprint density at radius 2 is 1.25 bits per heavy atom. The van der Waals surface area contributed by atoms with Crippen molar-refractivity contribution < 1.29 is 0 Å². The fourth-order valence-corrected chi connectivity index (χ4v) is 4.44. The maximum absolute atomic E-state index is 6.19. The van der Waals surface area contributed by atoms with Crippen molar-refractivity contribution in [3.63, 3.8) is 0 Å². The SMILES string of the molecule is NC1CC2CCCC(C1)N2C1CCCCC1. The fourth-order valence-electron chi connectivity index (χ4n) is 4.44. The number of hydrogen-bond donors (Lipinski definition) is 1. The minimum atomic E-state index is 0.496. The van der Waals surface area contributed by atoms with Gasteiger partial charge in [-0.1, -0.05) is 25.7 Å². The molecule has 1 aliphatic carbocycles. The van der Waals surface area contributed by atoms with E-state index in [9.17, 15) is 0 Å². The van der Waals surface area contributed by atoms with Gasteiger partial charge < -0.3 is 5.73 Å². The zero-order valence-electron chi connectivity index (χ0n) is 10.4. The number of hydrogen-bond acceptors (Lipinski definition) is 2. The van der Waals surface area contributed by atoms with Crippen LogP contribution < -0.4 is 5.73 Å². The molecule has 2 saturated heterocycles. The van der Waals surface area contributed by atoms with Gasteiger partial charge in [0.2, 0.25) is 0 Å². The summed E-state index contributed by atoms with van der Waals surface area (Å²) in [5.41, 5.74) is 6.19. The van der Waals surface area contributed by atoms with E-state index in [-0.39, 0.29) is 0 Å². The predicted octanol–water partition coefficient (Wildman–Crippen LogP) is 2.66. The molecule has 3 fully saturated rings. The molecule has 0 aromatic rings. The highest BCUT2D eigenvalue weighted by molar-refractivity contribution is 4.97. The van der Waals surface area contributed by atoms with Crippen molar-refractivity contribution in [2.24, 2.45) is 5.73 Å². The lowest BCUT2D eigenvalue weighted by Gasteiger charge is -2.52. The van der Waals surface area contributed by atoms with Gasteiger partial charge in [-0.25, -0.2) is 0 Å². The van der Waals surface area contributed by atoms with Crippen LogP contribution in [0.25, 0.3) is 0 Å². The first-order chi connectivity index (χ1) is 7.84. The van der Waals surface area contributed by atoms with Gasteiger partial charge in [0, 0.05) is 24.2 Å². The van der Waals surface area contributed by atoms with Gasteiger partial charge >= 0.3 is 0 Å². The van der Waals surface area contributed by atoms with E-state index in [4.69, 9.17) is 5.73 Å². The van der Waals surface area contributed by atoms with Crippen LogP contribution in [0.15, 0.2) is 0 Å². The Morgan fingerprint density at radius 3 is 1.88 bits per heavy atom. The molecule has 2 unspecified atom stereocenters. The zero-order chi connectivity index (χ0) is 11.0. The van der Waals surface area contributed by atoms with Crippen LogP contribution in [0.1, 0.15) is 64.2 Å². The Morgan fingerprint density at radius 1 is 0.688 bits per heavy atom. The van der Waals surface area contributed by atoms with Crippen molar-refractivity contribution >= 4 is 0 Å². The average Bonchev–Trinajstić information content (AvgIpc) is 2.29. The van der Waals surface area contributed by atoms with Gasteiger partial charge in [-0.2, -0.15) is 0 Å². The summed E-state index contributed by atoms with van der Waals surface area (Å²) in [6, 6.07) is 3.09. The summed E-state index contributed by atoms with van der Waals surface area (Å²) in [5, 5.41) is 0. The van der Waals surface area contributed by atoms with Gasteiger partial charge in [0.1, 0.15) is 0 Å². The number of fused-ring (bicyclic) bond motifs is 2. The molecule has 0 amide bonds. The van der Waals surface area contributed by atoms with Gasteiger partial charge in [0.25, 0.3) is 0 Å². The molecule has 2 atom stereocenters. The van der Waals surface area contributed by atoms with E-state index in [1.165, 1.54) is 64.2 Å². The normalized spacial score (nSPS) is 42.2. The zero-order valence-corrected chi connectivity index (χ0v) is 10.4. The highest BCUT2D eigenvalue weighted by Gasteiger charge is 2.40. The van der Waals surface area contributed by atoms with Crippen molar-refractivity contribution in [1.82, 2.24) is 4.90 Å². The Bertz CT molecular complexity index is 214. The second kappa shape index (κ2) is 4.66. The van der Waals surface area contributed by atoms with Crippen molar-refractivity contribution in [2.45, 2.75) is 88.4 Å². The van der Waals surface area contributed by atoms with E-state index in [0.717, 1.165) is 18.1 Å². The molecule has 2 nitrogen and oxygen atoms in total. The summed E-state index contributed by atoms with van der Waals surface area (Å²) >= 11 is 0. The summed E-state index contributed by atoms with van der Waals surface area (Å²) in [6.07, 6.45) is 14.1. The molecule has 3 aliphatic rings. The average molecular weight is 222 g/mol. The topological polar surface area (TPSA) is 29.3 Å². The molecule has 1 saturated carbocycles. The van der Waals surface area contributed by atoms with Gasteiger partial charge in [-0.05, 0) is 38.5 Å². The second-order valence-corrected chi connectivity index (χ2v) is 6.21. The Kier molecular flexibility index (Phi) is 3.21. The van der Waals surface area contributed by atoms with Gasteiger partial charge in [-0.15, -0.1) is 0 Å². The van der Waals surface area contributed by atoms with Gasteiger partial charge in [0.15, 0.2) is 0 Å². The second-order valence-electron chi connectivity index (χ2n) is 6.21. The molecule has 16 heavy (non-hydrogen) atoms. The van der Waals surface area contributed by atoms with E-state index in [0.29, 0.717) is 6.04 Å². The smallest absolute Gasteiger partial charge is 0.0116 e. The summed E-state index contributed by atoms with van der Waals surface area (Å²) in [5.74, 6) is 0. The minimum Gasteiger partial charge on any atom is -0.328 e. The lowest BCUT2D eigenvalue weighted by molar-refractivity contribution is -0.0170. The van der Waals surface area contributed by atoms with Crippen LogP contribution >= 0.6 is 0 Å². The third-order valence-corrected chi connectivity index (χ3v) is 5.06. The first-order valence-electron chi connectivity index (χ1n) is 7.37. The molecule has 2 heterocycles. The summed E-state index contributed by atoms with van der Waals surface area (Å²) in [6.45, 7) is 0. The van der Waals surface area contributed by atoms with E-state index in [1.807, 2.05) is 0 Å². The highest BCUT2D eigenvalue weighted by atomic mass is 15.2. The highest BCUT2D eigenvalue weighted by Crippen LogP contribution is 2.38. The van der Waals surface area contributed by atoms with Crippen LogP contribution in [0.3, 0.4) is 0 Å². The monoisotopic (exact) mass is 222 g/mol. The van der Waals surface area contributed by atoms with Crippen LogP contribution in [0, 0.1) is 0 Å². The Labute approximate surface area is 99.6 Å². The van der Waals surface area contributed by atoms with Crippen LogP contribution in [-0.2, 0) is 0 Å². The molecule has 3 rings (SSSR count). The third-order valence-electron chi connectivity index (χ3n) is 5.06. The molecule has 2 N–H and O–H groups in total. The van der Waals surface area contributed by atoms with E-state index in [1.54, 1.807) is 0 Å². The van der Waals surface area contributed by atoms with Crippen LogP contribution in [0.5, 0.6) is 0 Å². The standard InChI is InChI=1S/C14H26N2/c15-11-9-13-7-4-8-14(10-11)16(13)12-5-2-1-3-6-12/h11-14H,1-10,15H2. The molecular formula is C14H26N2. The number of rotatable bonds is 1. The molecule has 92 valence electrons. The van der Waals surface area contributed by atoms with Crippen LogP contribution in [0.2, 0.25) is 0 Å². The van der Waals surface area contributed by atoms with E-state index < -0.39 is 0 Å². The molecule has 0 aromatic carbocycles. The summed E-state index contributed by atoms with van der Waals surface area (Å²) in [7, 11) is 0. The maximum Gasteiger partial charge on any atom is 0.0116 e. The molecule has 2 heteroatoms. The van der Waals surface area contributed by atoms with E-state index >= 15 is 0 Å². The largest absolute Gasteiger partial charge is 0.328 e. The van der Waals surface area contributed by atoms with Crippen LogP contribution in [0.4, 0.5) is 0 Å². The van der Waals surface area contributed by atoms with Gasteiger partial charge in [-0.3, -0.25) is 4.90 Å². The van der Waals surface area contributed by atoms with Crippen molar-refractivity contribution in [3.05, 3.63) is 0 Å². The van der Waals surface area contributed by atoms with Crippen molar-refractivity contribution in [2.75, 3.05) is 0 Å². The van der Waals surface area contributed by atoms with E-state index in [2.05, 4.69) is 4.90 Å². The first-order valence-corrected chi connectivity index (χ1v) is 7.37. The predicted molar refractivity (Wildman–Crippen MR) is 67.3 cm³/mol. The molecule has 0 aromatic heterocycles. The summed E-state index contributed by atoms with van der Waals surface area (Å²) in [4.78, 5) is 2.91. The molecule has 2 bridgehead atoms. The molecule has 0 spiro atoms. The number of piperidine rings is 2. The summed E-state index contributed by atoms with van der Waals surface area (Å²) < 4.78 is 0. The quantitative estimate of drug-likeness (QED) is 0.739. The molecular weight excluding hydrogens is 196 g/mol. The lowest BCUT2D eigenvalue weighted by Crippen LogP contribution is -2.59. The maximum atomic E-state index is 6.19. The lowest BCUT2D eigenvalue weighted by atomic mass is 9.79. The van der Waals surface area contributed by atoms with Crippen molar-refractivity contribution in [3.8, 4) is 0 Å². The Hall–Kier alpha value is -0.0800. The third kappa shape index (κ3) is 2.02. The van der Waals surface area contributed by atoms with Crippen molar-refractivity contribution in [1.29, 1.82) is 0 Å².